The Kier molecular flexibility index (Phi) is 6.03. The number of hydrogen-bond acceptors (Lipinski definition) is 5. The Morgan fingerprint density at radius 3 is 2.53 bits per heavy atom. The van der Waals surface area contributed by atoms with Gasteiger partial charge in [0, 0.05) is 29.7 Å². The van der Waals surface area contributed by atoms with Crippen molar-refractivity contribution in [1.82, 2.24) is 9.88 Å². The molecule has 0 atom stereocenters. The van der Waals surface area contributed by atoms with Crippen molar-refractivity contribution in [3.8, 4) is 11.5 Å². The summed E-state index contributed by atoms with van der Waals surface area (Å²) in [5.74, 6) is 1.75. The maximum Gasteiger partial charge on any atom is 0.332 e. The second kappa shape index (κ2) is 9.22. The minimum Gasteiger partial charge on any atom is -0.456 e. The van der Waals surface area contributed by atoms with Crippen LogP contribution < -0.4 is 20.3 Å². The average Bonchev–Trinajstić information content (AvgIpc) is 3.17. The van der Waals surface area contributed by atoms with Gasteiger partial charge in [-0.05, 0) is 43.3 Å². The molecular weight excluding hydrogens is 406 g/mol. The van der Waals surface area contributed by atoms with E-state index in [1.165, 1.54) is 4.90 Å². The molecule has 1 aliphatic rings. The van der Waals surface area contributed by atoms with E-state index in [4.69, 9.17) is 4.74 Å². The Morgan fingerprint density at radius 1 is 1.00 bits per heavy atom. The molecule has 32 heavy (non-hydrogen) atoms. The highest BCUT2D eigenvalue weighted by molar-refractivity contribution is 6.08. The molecule has 0 bridgehead atoms. The molecule has 1 saturated heterocycles. The van der Waals surface area contributed by atoms with Crippen LogP contribution in [-0.4, -0.2) is 35.0 Å². The van der Waals surface area contributed by atoms with Crippen LogP contribution in [-0.2, 0) is 0 Å². The highest BCUT2D eigenvalue weighted by atomic mass is 16.5. The van der Waals surface area contributed by atoms with Crippen LogP contribution in [0, 0.1) is 0 Å². The van der Waals surface area contributed by atoms with Crippen LogP contribution in [0.15, 0.2) is 85.2 Å². The number of ether oxygens (including phenoxy) is 1. The van der Waals surface area contributed by atoms with Crippen LogP contribution in [0.5, 0.6) is 11.5 Å². The Hall–Kier alpha value is -4.33. The first kappa shape index (κ1) is 20.9. The molecule has 1 aromatic heterocycles. The predicted molar refractivity (Wildman–Crippen MR) is 124 cm³/mol. The van der Waals surface area contributed by atoms with Crippen molar-refractivity contribution in [3.05, 3.63) is 85.2 Å². The smallest absolute Gasteiger partial charge is 0.332 e. The molecule has 4 amide bonds. The van der Waals surface area contributed by atoms with Crippen molar-refractivity contribution >= 4 is 29.3 Å². The van der Waals surface area contributed by atoms with Gasteiger partial charge in [0.15, 0.2) is 0 Å². The van der Waals surface area contributed by atoms with Gasteiger partial charge in [-0.1, -0.05) is 30.8 Å². The van der Waals surface area contributed by atoms with E-state index in [-0.39, 0.29) is 6.03 Å². The Bertz CT molecular complexity index is 1130. The zero-order valence-corrected chi connectivity index (χ0v) is 17.6. The van der Waals surface area contributed by atoms with Gasteiger partial charge in [0.2, 0.25) is 0 Å². The third-order valence-corrected chi connectivity index (χ3v) is 4.72. The Morgan fingerprint density at radius 2 is 1.81 bits per heavy atom. The SMILES string of the molecule is C=C(C)Nc1ccc(Oc2cccc(NC(=O)N3CCN(c4ccccc4)C3=O)c2)cn1. The van der Waals surface area contributed by atoms with E-state index in [1.807, 2.05) is 37.3 Å². The van der Waals surface area contributed by atoms with Crippen LogP contribution in [0.4, 0.5) is 26.8 Å². The zero-order chi connectivity index (χ0) is 22.5. The molecule has 8 nitrogen and oxygen atoms in total. The number of rotatable bonds is 6. The standard InChI is InChI=1S/C24H23N5O3/c1-17(2)26-22-12-11-21(16-25-22)32-20-10-6-7-18(15-20)27-23(30)29-14-13-28(24(29)31)19-8-4-3-5-9-19/h3-12,15-16H,1,13-14H2,2H3,(H,25,26)(H,27,30). The fraction of sp³-hybridized carbons (Fsp3) is 0.125. The number of nitrogens with zero attached hydrogens (tertiary/aromatic N) is 3. The predicted octanol–water partition coefficient (Wildman–Crippen LogP) is 5.29. The van der Waals surface area contributed by atoms with Crippen molar-refractivity contribution in [3.63, 3.8) is 0 Å². The minimum atomic E-state index is -0.484. The second-order valence-electron chi connectivity index (χ2n) is 7.27. The van der Waals surface area contributed by atoms with Crippen molar-refractivity contribution in [1.29, 1.82) is 0 Å². The summed E-state index contributed by atoms with van der Waals surface area (Å²) in [6.07, 6.45) is 1.59. The van der Waals surface area contributed by atoms with Gasteiger partial charge in [-0.2, -0.15) is 0 Å². The second-order valence-corrected chi connectivity index (χ2v) is 7.27. The van der Waals surface area contributed by atoms with Gasteiger partial charge in [0.05, 0.1) is 12.7 Å². The summed E-state index contributed by atoms with van der Waals surface area (Å²) in [6.45, 7) is 6.39. The molecule has 0 unspecified atom stereocenters. The fourth-order valence-electron chi connectivity index (χ4n) is 3.27. The van der Waals surface area contributed by atoms with E-state index < -0.39 is 6.03 Å². The highest BCUT2D eigenvalue weighted by Crippen LogP contribution is 2.25. The number of para-hydroxylation sites is 1. The van der Waals surface area contributed by atoms with Gasteiger partial charge >= 0.3 is 12.1 Å². The van der Waals surface area contributed by atoms with Gasteiger partial charge in [0.25, 0.3) is 0 Å². The number of allylic oxidation sites excluding steroid dienone is 1. The number of aromatic nitrogens is 1. The average molecular weight is 429 g/mol. The van der Waals surface area contributed by atoms with E-state index >= 15 is 0 Å². The first-order chi connectivity index (χ1) is 15.5. The first-order valence-corrected chi connectivity index (χ1v) is 10.1. The van der Waals surface area contributed by atoms with Crippen LogP contribution in [0.1, 0.15) is 6.92 Å². The Labute approximate surface area is 186 Å². The van der Waals surface area contributed by atoms with Gasteiger partial charge in [-0.15, -0.1) is 0 Å². The normalized spacial score (nSPS) is 13.1. The molecule has 3 aromatic rings. The molecule has 162 valence electrons. The number of anilines is 3. The summed E-state index contributed by atoms with van der Waals surface area (Å²) in [4.78, 5) is 32.4. The number of benzene rings is 2. The van der Waals surface area contributed by atoms with Crippen molar-refractivity contribution in [2.75, 3.05) is 28.6 Å². The fourth-order valence-corrected chi connectivity index (χ4v) is 3.27. The van der Waals surface area contributed by atoms with Gasteiger partial charge in [-0.3, -0.25) is 4.90 Å². The van der Waals surface area contributed by atoms with Crippen LogP contribution in [0.3, 0.4) is 0 Å². The van der Waals surface area contributed by atoms with Crippen LogP contribution in [0.2, 0.25) is 0 Å². The number of nitrogens with one attached hydrogen (secondary N) is 2. The lowest BCUT2D eigenvalue weighted by Gasteiger charge is -2.18. The first-order valence-electron chi connectivity index (χ1n) is 10.1. The minimum absolute atomic E-state index is 0.311. The lowest BCUT2D eigenvalue weighted by atomic mass is 10.3. The van der Waals surface area contributed by atoms with E-state index in [9.17, 15) is 9.59 Å². The number of pyridine rings is 1. The van der Waals surface area contributed by atoms with Gasteiger partial charge in [0.1, 0.15) is 17.3 Å². The molecule has 2 N–H and O–H groups in total. The number of imide groups is 1. The third-order valence-electron chi connectivity index (χ3n) is 4.72. The lowest BCUT2D eigenvalue weighted by molar-refractivity contribution is 0.209. The molecule has 0 saturated carbocycles. The quantitative estimate of drug-likeness (QED) is 0.556. The lowest BCUT2D eigenvalue weighted by Crippen LogP contribution is -2.39. The van der Waals surface area contributed by atoms with E-state index in [0.717, 1.165) is 11.4 Å². The summed E-state index contributed by atoms with van der Waals surface area (Å²) < 4.78 is 5.83. The molecule has 2 aromatic carbocycles. The molecule has 4 rings (SSSR count). The third kappa shape index (κ3) is 4.86. The molecule has 0 spiro atoms. The zero-order valence-electron chi connectivity index (χ0n) is 17.6. The largest absolute Gasteiger partial charge is 0.456 e. The topological polar surface area (TPSA) is 86.8 Å². The summed E-state index contributed by atoms with van der Waals surface area (Å²) in [5, 5.41) is 5.79. The monoisotopic (exact) mass is 429 g/mol. The van der Waals surface area contributed by atoms with Gasteiger partial charge < -0.3 is 15.4 Å². The van der Waals surface area contributed by atoms with E-state index in [2.05, 4.69) is 22.2 Å². The maximum atomic E-state index is 12.7. The van der Waals surface area contributed by atoms with Crippen LogP contribution in [0.25, 0.3) is 0 Å². The molecule has 2 heterocycles. The molecule has 0 radical (unpaired) electrons. The molecule has 8 heteroatoms. The summed E-state index contributed by atoms with van der Waals surface area (Å²) in [5.41, 5.74) is 2.08. The number of hydrogen-bond donors (Lipinski definition) is 2. The van der Waals surface area contributed by atoms with Crippen molar-refractivity contribution in [2.24, 2.45) is 0 Å². The molecule has 0 aliphatic carbocycles. The molecule has 1 fully saturated rings. The summed E-state index contributed by atoms with van der Waals surface area (Å²) >= 11 is 0. The van der Waals surface area contributed by atoms with Crippen LogP contribution >= 0.6 is 0 Å². The van der Waals surface area contributed by atoms with Crippen molar-refractivity contribution < 1.29 is 14.3 Å². The van der Waals surface area contributed by atoms with Crippen molar-refractivity contribution in [2.45, 2.75) is 6.92 Å². The summed E-state index contributed by atoms with van der Waals surface area (Å²) in [7, 11) is 0. The number of carbonyl (C=O) groups is 2. The highest BCUT2D eigenvalue weighted by Gasteiger charge is 2.34. The number of urea groups is 2. The molecule has 1 aliphatic heterocycles. The maximum absolute atomic E-state index is 12.7. The van der Waals surface area contributed by atoms with E-state index in [1.54, 1.807) is 47.5 Å². The number of amides is 4. The number of carbonyl (C=O) groups excluding carboxylic acids is 2. The molecular formula is C24H23N5O3. The van der Waals surface area contributed by atoms with Gasteiger partial charge in [-0.25, -0.2) is 19.5 Å². The summed E-state index contributed by atoms with van der Waals surface area (Å²) in [6, 6.07) is 19.0. The Balaban J connectivity index is 1.39. The van der Waals surface area contributed by atoms with E-state index in [0.29, 0.717) is 36.1 Å².